The predicted molar refractivity (Wildman–Crippen MR) is 115 cm³/mol. The third-order valence-electron chi connectivity index (χ3n) is 4.44. The third kappa shape index (κ3) is 5.05. The van der Waals surface area contributed by atoms with Crippen LogP contribution in [0, 0.1) is 0 Å². The van der Waals surface area contributed by atoms with Gasteiger partial charge in [0.1, 0.15) is 0 Å². The lowest BCUT2D eigenvalue weighted by molar-refractivity contribution is 0.800. The maximum atomic E-state index is 6.04. The van der Waals surface area contributed by atoms with E-state index in [-0.39, 0.29) is 0 Å². The van der Waals surface area contributed by atoms with Gasteiger partial charge in [0.15, 0.2) is 0 Å². The van der Waals surface area contributed by atoms with Gasteiger partial charge in [0.25, 0.3) is 0 Å². The monoisotopic (exact) mass is 358 g/mol. The van der Waals surface area contributed by atoms with E-state index in [4.69, 9.17) is 11.5 Å². The van der Waals surface area contributed by atoms with E-state index >= 15 is 0 Å². The summed E-state index contributed by atoms with van der Waals surface area (Å²) in [4.78, 5) is 2.35. The van der Waals surface area contributed by atoms with Gasteiger partial charge in [-0.25, -0.2) is 0 Å². The van der Waals surface area contributed by atoms with Crippen molar-refractivity contribution in [3.8, 4) is 0 Å². The van der Waals surface area contributed by atoms with Crippen LogP contribution in [-0.2, 0) is 13.1 Å². The number of nitrogens with zero attached hydrogens (tertiary/aromatic N) is 1. The molecule has 0 saturated carbocycles. The molecule has 0 aliphatic rings. The van der Waals surface area contributed by atoms with Gasteiger partial charge in [0.05, 0.1) is 5.70 Å². The van der Waals surface area contributed by atoms with Crippen molar-refractivity contribution in [2.75, 3.05) is 17.7 Å². The smallest absolute Gasteiger partial charge is 0.0547 e. The fraction of sp³-hybridized carbons (Fsp3) is 0.130. The molecule has 0 bridgehead atoms. The van der Waals surface area contributed by atoms with Crippen LogP contribution in [-0.4, -0.2) is 7.05 Å². The Morgan fingerprint density at radius 2 is 1.41 bits per heavy atom. The molecule has 5 N–H and O–H groups in total. The van der Waals surface area contributed by atoms with Crippen molar-refractivity contribution in [3.63, 3.8) is 0 Å². The molecule has 0 atom stereocenters. The average Bonchev–Trinajstić information content (AvgIpc) is 2.70. The number of nitrogens with two attached hydrogens (primary N) is 2. The van der Waals surface area contributed by atoms with Gasteiger partial charge in [-0.3, -0.25) is 0 Å². The number of anilines is 2. The van der Waals surface area contributed by atoms with Gasteiger partial charge in [0.2, 0.25) is 0 Å². The minimum Gasteiger partial charge on any atom is -0.399 e. The first-order chi connectivity index (χ1) is 13.2. The minimum atomic E-state index is 0.728. The number of para-hydroxylation sites is 1. The van der Waals surface area contributed by atoms with Gasteiger partial charge < -0.3 is 21.7 Å². The van der Waals surface area contributed by atoms with E-state index in [9.17, 15) is 0 Å². The highest BCUT2D eigenvalue weighted by Gasteiger charge is 2.09. The van der Waals surface area contributed by atoms with E-state index in [0.29, 0.717) is 0 Å². The molecule has 0 unspecified atom stereocenters. The molecule has 0 fully saturated rings. The molecule has 0 aliphatic heterocycles. The highest BCUT2D eigenvalue weighted by molar-refractivity contribution is 5.62. The molecule has 4 heteroatoms. The van der Waals surface area contributed by atoms with E-state index in [1.54, 1.807) is 6.20 Å². The highest BCUT2D eigenvalue weighted by atomic mass is 15.1. The Hall–Kier alpha value is -3.40. The molecule has 3 aromatic carbocycles. The molecular weight excluding hydrogens is 332 g/mol. The topological polar surface area (TPSA) is 67.3 Å². The largest absolute Gasteiger partial charge is 0.399 e. The molecule has 0 radical (unpaired) electrons. The first-order valence-corrected chi connectivity index (χ1v) is 9.02. The van der Waals surface area contributed by atoms with Crippen molar-refractivity contribution in [2.45, 2.75) is 13.1 Å². The zero-order valence-electron chi connectivity index (χ0n) is 15.6. The summed E-state index contributed by atoms with van der Waals surface area (Å²) in [7, 11) is 1.84. The lowest BCUT2D eigenvalue weighted by Crippen LogP contribution is -2.22. The fourth-order valence-corrected chi connectivity index (χ4v) is 2.98. The second kappa shape index (κ2) is 8.81. The summed E-state index contributed by atoms with van der Waals surface area (Å²) < 4.78 is 0. The van der Waals surface area contributed by atoms with Crippen molar-refractivity contribution < 1.29 is 0 Å². The molecular formula is C23H26N4. The fourth-order valence-electron chi connectivity index (χ4n) is 2.98. The number of hydrogen-bond donors (Lipinski definition) is 3. The molecule has 138 valence electrons. The van der Waals surface area contributed by atoms with Gasteiger partial charge in [-0.05, 0) is 41.0 Å². The Labute approximate surface area is 161 Å². The number of hydrogen-bond acceptors (Lipinski definition) is 4. The van der Waals surface area contributed by atoms with Gasteiger partial charge >= 0.3 is 0 Å². The van der Waals surface area contributed by atoms with Crippen molar-refractivity contribution in [1.82, 2.24) is 5.32 Å². The van der Waals surface area contributed by atoms with Crippen LogP contribution >= 0.6 is 0 Å². The summed E-state index contributed by atoms with van der Waals surface area (Å²) in [5.74, 6) is 0. The molecule has 0 saturated heterocycles. The SMILES string of the molecule is CN/C=C(\N)c1ccc(CN(Cc2ccc(N)cc2)c2ccccc2)cc1. The summed E-state index contributed by atoms with van der Waals surface area (Å²) in [6.07, 6.45) is 1.80. The quantitative estimate of drug-likeness (QED) is 0.560. The standard InChI is InChI=1S/C23H26N4/c1-26-15-23(25)20-11-7-18(8-12-20)16-27(22-5-3-2-4-6-22)17-19-9-13-21(24)14-10-19/h2-15,26H,16-17,24-25H2,1H3/b23-15-. The maximum absolute atomic E-state index is 6.04. The van der Waals surface area contributed by atoms with Crippen LogP contribution in [0.1, 0.15) is 16.7 Å². The Morgan fingerprint density at radius 3 is 1.96 bits per heavy atom. The molecule has 0 amide bonds. The number of rotatable bonds is 7. The Kier molecular flexibility index (Phi) is 6.00. The number of nitrogen functional groups attached to an aromatic ring is 1. The van der Waals surface area contributed by atoms with Crippen LogP contribution in [0.2, 0.25) is 0 Å². The summed E-state index contributed by atoms with van der Waals surface area (Å²) in [5, 5.41) is 2.96. The van der Waals surface area contributed by atoms with Crippen molar-refractivity contribution in [2.24, 2.45) is 5.73 Å². The predicted octanol–water partition coefficient (Wildman–Crippen LogP) is 3.95. The lowest BCUT2D eigenvalue weighted by Gasteiger charge is -2.25. The van der Waals surface area contributed by atoms with Crippen LogP contribution in [0.25, 0.3) is 5.70 Å². The van der Waals surface area contributed by atoms with Gasteiger partial charge in [-0.1, -0.05) is 54.6 Å². The van der Waals surface area contributed by atoms with Crippen molar-refractivity contribution in [1.29, 1.82) is 0 Å². The molecule has 0 aliphatic carbocycles. The molecule has 4 nitrogen and oxygen atoms in total. The van der Waals surface area contributed by atoms with Crippen molar-refractivity contribution in [3.05, 3.63) is 102 Å². The average molecular weight is 358 g/mol. The van der Waals surface area contributed by atoms with Crippen molar-refractivity contribution >= 4 is 17.1 Å². The molecule has 0 heterocycles. The Balaban J connectivity index is 1.81. The molecule has 3 aromatic rings. The maximum Gasteiger partial charge on any atom is 0.0547 e. The second-order valence-corrected chi connectivity index (χ2v) is 6.52. The summed E-state index contributed by atoms with van der Waals surface area (Å²) in [6.45, 7) is 1.62. The summed E-state index contributed by atoms with van der Waals surface area (Å²) in [6, 6.07) is 26.9. The first-order valence-electron chi connectivity index (χ1n) is 9.02. The van der Waals surface area contributed by atoms with E-state index in [1.807, 2.05) is 25.2 Å². The van der Waals surface area contributed by atoms with Crippen LogP contribution in [0.5, 0.6) is 0 Å². The Morgan fingerprint density at radius 1 is 0.852 bits per heavy atom. The van der Waals surface area contributed by atoms with E-state index in [2.05, 4.69) is 70.9 Å². The molecule has 3 rings (SSSR count). The third-order valence-corrected chi connectivity index (χ3v) is 4.44. The summed E-state index contributed by atoms with van der Waals surface area (Å²) in [5.41, 5.74) is 18.0. The van der Waals surface area contributed by atoms with Gasteiger partial charge in [0, 0.05) is 37.7 Å². The molecule has 27 heavy (non-hydrogen) atoms. The lowest BCUT2D eigenvalue weighted by atomic mass is 10.1. The Bertz CT molecular complexity index is 869. The van der Waals surface area contributed by atoms with Gasteiger partial charge in [-0.2, -0.15) is 0 Å². The first kappa shape index (κ1) is 18.4. The summed E-state index contributed by atoms with van der Waals surface area (Å²) >= 11 is 0. The van der Waals surface area contributed by atoms with Crippen LogP contribution in [0.4, 0.5) is 11.4 Å². The van der Waals surface area contributed by atoms with E-state index in [1.165, 1.54) is 16.8 Å². The zero-order chi connectivity index (χ0) is 19.1. The number of nitrogens with one attached hydrogen (secondary N) is 1. The normalized spacial score (nSPS) is 11.2. The van der Waals surface area contributed by atoms with Crippen LogP contribution in [0.3, 0.4) is 0 Å². The highest BCUT2D eigenvalue weighted by Crippen LogP contribution is 2.21. The molecule has 0 spiro atoms. The second-order valence-electron chi connectivity index (χ2n) is 6.52. The molecule has 0 aromatic heterocycles. The van der Waals surface area contributed by atoms with E-state index in [0.717, 1.165) is 30.0 Å². The van der Waals surface area contributed by atoms with Crippen LogP contribution < -0.4 is 21.7 Å². The number of benzene rings is 3. The minimum absolute atomic E-state index is 0.728. The zero-order valence-corrected chi connectivity index (χ0v) is 15.6. The van der Waals surface area contributed by atoms with Gasteiger partial charge in [-0.15, -0.1) is 0 Å². The van der Waals surface area contributed by atoms with E-state index < -0.39 is 0 Å². The van der Waals surface area contributed by atoms with Crippen LogP contribution in [0.15, 0.2) is 85.1 Å².